The van der Waals surface area contributed by atoms with Gasteiger partial charge in [-0.2, -0.15) is 5.10 Å². The molecule has 7 nitrogen and oxygen atoms in total. The maximum absolute atomic E-state index is 5.76. The monoisotopic (exact) mass is 322 g/mol. The summed E-state index contributed by atoms with van der Waals surface area (Å²) < 4.78 is 7.62. The topological polar surface area (TPSA) is 66.7 Å². The minimum absolute atomic E-state index is 0.333. The standard InChI is InChI=1S/C16H30N6O/c1-13-11-22(12-14(2)23-13)9-5-7-18-16(17-3)19-10-15-6-8-20-21(15)4/h6,8,13-14H,5,7,9-12H2,1-4H3,(H2,17,18,19). The van der Waals surface area contributed by atoms with E-state index in [1.165, 1.54) is 0 Å². The third kappa shape index (κ3) is 5.84. The molecule has 2 rings (SSSR count). The van der Waals surface area contributed by atoms with E-state index in [0.29, 0.717) is 18.8 Å². The first-order chi connectivity index (χ1) is 11.1. The third-order valence-electron chi connectivity index (χ3n) is 4.02. The molecule has 7 heteroatoms. The fourth-order valence-electron chi connectivity index (χ4n) is 2.95. The van der Waals surface area contributed by atoms with E-state index in [1.54, 1.807) is 13.2 Å². The van der Waals surface area contributed by atoms with Gasteiger partial charge in [0.25, 0.3) is 0 Å². The summed E-state index contributed by atoms with van der Waals surface area (Å²) in [6.45, 7) is 9.05. The summed E-state index contributed by atoms with van der Waals surface area (Å²) in [5.41, 5.74) is 1.13. The predicted octanol–water partition coefficient (Wildman–Crippen LogP) is 0.584. The minimum atomic E-state index is 0.333. The molecule has 0 aromatic carbocycles. The largest absolute Gasteiger partial charge is 0.373 e. The van der Waals surface area contributed by atoms with Gasteiger partial charge in [-0.3, -0.25) is 14.6 Å². The van der Waals surface area contributed by atoms with Crippen molar-refractivity contribution in [1.29, 1.82) is 0 Å². The van der Waals surface area contributed by atoms with Gasteiger partial charge in [0.05, 0.1) is 24.4 Å². The summed E-state index contributed by atoms with van der Waals surface area (Å²) in [5, 5.41) is 10.8. The summed E-state index contributed by atoms with van der Waals surface area (Å²) in [7, 11) is 3.74. The highest BCUT2D eigenvalue weighted by molar-refractivity contribution is 5.79. The Kier molecular flexibility index (Phi) is 6.85. The average Bonchev–Trinajstić information content (AvgIpc) is 2.91. The van der Waals surface area contributed by atoms with E-state index in [-0.39, 0.29) is 0 Å². The quantitative estimate of drug-likeness (QED) is 0.456. The predicted molar refractivity (Wildman–Crippen MR) is 92.5 cm³/mol. The molecule has 2 heterocycles. The van der Waals surface area contributed by atoms with Gasteiger partial charge in [0, 0.05) is 46.5 Å². The second-order valence-electron chi connectivity index (χ2n) is 6.17. The van der Waals surface area contributed by atoms with Crippen LogP contribution in [0, 0.1) is 0 Å². The van der Waals surface area contributed by atoms with Crippen molar-refractivity contribution < 1.29 is 4.74 Å². The normalized spacial score (nSPS) is 23.0. The number of nitrogens with zero attached hydrogens (tertiary/aromatic N) is 4. The Balaban J connectivity index is 1.63. The lowest BCUT2D eigenvalue weighted by Crippen LogP contribution is -2.46. The molecule has 0 aliphatic carbocycles. The van der Waals surface area contributed by atoms with Crippen molar-refractivity contribution in [2.45, 2.75) is 39.0 Å². The van der Waals surface area contributed by atoms with Crippen LogP contribution in [0.2, 0.25) is 0 Å². The molecule has 0 spiro atoms. The van der Waals surface area contributed by atoms with Gasteiger partial charge < -0.3 is 15.4 Å². The van der Waals surface area contributed by atoms with Crippen LogP contribution in [-0.4, -0.2) is 66.1 Å². The zero-order valence-electron chi connectivity index (χ0n) is 14.7. The number of ether oxygens (including phenoxy) is 1. The van der Waals surface area contributed by atoms with Crippen LogP contribution < -0.4 is 10.6 Å². The van der Waals surface area contributed by atoms with Gasteiger partial charge in [-0.15, -0.1) is 0 Å². The highest BCUT2D eigenvalue weighted by Gasteiger charge is 2.21. The van der Waals surface area contributed by atoms with E-state index in [4.69, 9.17) is 4.74 Å². The highest BCUT2D eigenvalue weighted by Crippen LogP contribution is 2.10. The van der Waals surface area contributed by atoms with Crippen LogP contribution in [0.15, 0.2) is 17.3 Å². The van der Waals surface area contributed by atoms with Crippen molar-refractivity contribution in [3.8, 4) is 0 Å². The lowest BCUT2D eigenvalue weighted by atomic mass is 10.2. The molecule has 1 fully saturated rings. The van der Waals surface area contributed by atoms with Crippen molar-refractivity contribution in [1.82, 2.24) is 25.3 Å². The second-order valence-corrected chi connectivity index (χ2v) is 6.17. The van der Waals surface area contributed by atoms with Crippen molar-refractivity contribution >= 4 is 5.96 Å². The molecule has 1 aromatic heterocycles. The summed E-state index contributed by atoms with van der Waals surface area (Å²) in [6, 6.07) is 2.00. The molecule has 0 bridgehead atoms. The van der Waals surface area contributed by atoms with Gasteiger partial charge in [-0.1, -0.05) is 0 Å². The molecule has 1 aliphatic heterocycles. The molecule has 0 amide bonds. The van der Waals surface area contributed by atoms with Crippen molar-refractivity contribution in [2.24, 2.45) is 12.0 Å². The van der Waals surface area contributed by atoms with E-state index in [1.807, 2.05) is 17.8 Å². The van der Waals surface area contributed by atoms with Crippen LogP contribution in [0.25, 0.3) is 0 Å². The third-order valence-corrected chi connectivity index (χ3v) is 4.02. The van der Waals surface area contributed by atoms with Crippen LogP contribution in [0.5, 0.6) is 0 Å². The zero-order chi connectivity index (χ0) is 16.7. The second kappa shape index (κ2) is 8.88. The molecule has 1 aromatic rings. The number of hydrogen-bond acceptors (Lipinski definition) is 4. The number of rotatable bonds is 6. The summed E-state index contributed by atoms with van der Waals surface area (Å²) >= 11 is 0. The molecule has 2 unspecified atom stereocenters. The molecular formula is C16H30N6O. The molecule has 23 heavy (non-hydrogen) atoms. The van der Waals surface area contributed by atoms with Gasteiger partial charge in [-0.05, 0) is 26.3 Å². The molecule has 1 aliphatic rings. The van der Waals surface area contributed by atoms with Gasteiger partial charge in [0.2, 0.25) is 0 Å². The number of aromatic nitrogens is 2. The molecule has 2 atom stereocenters. The fourth-order valence-corrected chi connectivity index (χ4v) is 2.95. The lowest BCUT2D eigenvalue weighted by Gasteiger charge is -2.35. The SMILES string of the molecule is CN=C(NCCCN1CC(C)OC(C)C1)NCc1ccnn1C. The number of nitrogens with one attached hydrogen (secondary N) is 2. The molecule has 130 valence electrons. The summed E-state index contributed by atoms with van der Waals surface area (Å²) in [6.07, 6.45) is 3.56. The van der Waals surface area contributed by atoms with Crippen molar-refractivity contribution in [3.63, 3.8) is 0 Å². The van der Waals surface area contributed by atoms with Crippen LogP contribution >= 0.6 is 0 Å². The van der Waals surface area contributed by atoms with E-state index >= 15 is 0 Å². The molecule has 1 saturated heterocycles. The van der Waals surface area contributed by atoms with Crippen LogP contribution in [-0.2, 0) is 18.3 Å². The van der Waals surface area contributed by atoms with Crippen molar-refractivity contribution in [2.75, 3.05) is 33.2 Å². The molecular weight excluding hydrogens is 292 g/mol. The Hall–Kier alpha value is -1.60. The van der Waals surface area contributed by atoms with Crippen LogP contribution in [0.4, 0.5) is 0 Å². The van der Waals surface area contributed by atoms with Crippen LogP contribution in [0.3, 0.4) is 0 Å². The minimum Gasteiger partial charge on any atom is -0.373 e. The van der Waals surface area contributed by atoms with E-state index < -0.39 is 0 Å². The number of hydrogen-bond donors (Lipinski definition) is 2. The number of aryl methyl sites for hydroxylation is 1. The fraction of sp³-hybridized carbons (Fsp3) is 0.750. The Labute approximate surface area is 139 Å². The Morgan fingerprint density at radius 1 is 1.35 bits per heavy atom. The first kappa shape index (κ1) is 17.7. The van der Waals surface area contributed by atoms with Gasteiger partial charge in [0.1, 0.15) is 0 Å². The number of aliphatic imine (C=N–C) groups is 1. The Bertz CT molecular complexity index is 491. The number of guanidine groups is 1. The van der Waals surface area contributed by atoms with Crippen LogP contribution in [0.1, 0.15) is 26.0 Å². The van der Waals surface area contributed by atoms with Gasteiger partial charge in [-0.25, -0.2) is 0 Å². The van der Waals surface area contributed by atoms with Crippen molar-refractivity contribution in [3.05, 3.63) is 18.0 Å². The smallest absolute Gasteiger partial charge is 0.191 e. The van der Waals surface area contributed by atoms with Gasteiger partial charge >= 0.3 is 0 Å². The van der Waals surface area contributed by atoms with E-state index in [9.17, 15) is 0 Å². The van der Waals surface area contributed by atoms with E-state index in [2.05, 4.69) is 39.5 Å². The maximum atomic E-state index is 5.76. The Morgan fingerprint density at radius 2 is 2.09 bits per heavy atom. The average molecular weight is 322 g/mol. The molecule has 2 N–H and O–H groups in total. The highest BCUT2D eigenvalue weighted by atomic mass is 16.5. The summed E-state index contributed by atoms with van der Waals surface area (Å²) in [5.74, 6) is 0.829. The maximum Gasteiger partial charge on any atom is 0.191 e. The number of morpholine rings is 1. The van der Waals surface area contributed by atoms with Gasteiger partial charge in [0.15, 0.2) is 5.96 Å². The molecule has 0 radical (unpaired) electrons. The van der Waals surface area contributed by atoms with E-state index in [0.717, 1.165) is 44.3 Å². The zero-order valence-corrected chi connectivity index (χ0v) is 14.7. The first-order valence-electron chi connectivity index (χ1n) is 8.37. The lowest BCUT2D eigenvalue weighted by molar-refractivity contribution is -0.0679. The Morgan fingerprint density at radius 3 is 2.70 bits per heavy atom. The summed E-state index contributed by atoms with van der Waals surface area (Å²) in [4.78, 5) is 6.74. The first-order valence-corrected chi connectivity index (χ1v) is 8.37. The molecule has 0 saturated carbocycles.